The van der Waals surface area contributed by atoms with Gasteiger partial charge in [0, 0.05) is 7.05 Å². The fraction of sp³-hybridized carbons (Fsp3) is 0.294. The highest BCUT2D eigenvalue weighted by molar-refractivity contribution is 5.95. The summed E-state index contributed by atoms with van der Waals surface area (Å²) >= 11 is 0. The lowest BCUT2D eigenvalue weighted by atomic mass is 10.1. The summed E-state index contributed by atoms with van der Waals surface area (Å²) in [5, 5.41) is 5.68. The Morgan fingerprint density at radius 3 is 3.00 bits per heavy atom. The number of furan rings is 1. The van der Waals surface area contributed by atoms with Crippen LogP contribution in [0.5, 0.6) is 5.75 Å². The van der Waals surface area contributed by atoms with Crippen molar-refractivity contribution in [2.45, 2.75) is 19.5 Å². The van der Waals surface area contributed by atoms with Gasteiger partial charge in [0.15, 0.2) is 6.61 Å². The summed E-state index contributed by atoms with van der Waals surface area (Å²) in [6.07, 6.45) is 1.58. The van der Waals surface area contributed by atoms with Crippen molar-refractivity contribution in [2.75, 3.05) is 19.0 Å². The summed E-state index contributed by atoms with van der Waals surface area (Å²) < 4.78 is 10.6. The molecule has 2 aromatic rings. The van der Waals surface area contributed by atoms with Crippen molar-refractivity contribution < 1.29 is 18.7 Å². The van der Waals surface area contributed by atoms with Gasteiger partial charge >= 0.3 is 6.03 Å². The number of benzene rings is 1. The van der Waals surface area contributed by atoms with E-state index < -0.39 is 0 Å². The van der Waals surface area contributed by atoms with Gasteiger partial charge in [-0.05, 0) is 36.8 Å². The Bertz CT molecular complexity index is 742. The fourth-order valence-corrected chi connectivity index (χ4v) is 2.46. The maximum atomic E-state index is 12.3. The molecule has 2 heterocycles. The molecular weight excluding hydrogens is 310 g/mol. The maximum absolute atomic E-state index is 12.3. The molecule has 0 saturated carbocycles. The molecule has 1 unspecified atom stereocenters. The Morgan fingerprint density at radius 1 is 1.42 bits per heavy atom. The third kappa shape index (κ3) is 3.51. The van der Waals surface area contributed by atoms with Gasteiger partial charge < -0.3 is 24.7 Å². The van der Waals surface area contributed by atoms with Gasteiger partial charge in [-0.15, -0.1) is 0 Å². The molecule has 7 nitrogen and oxygen atoms in total. The molecule has 1 aliphatic rings. The average molecular weight is 329 g/mol. The van der Waals surface area contributed by atoms with Crippen molar-refractivity contribution in [2.24, 2.45) is 0 Å². The molecule has 126 valence electrons. The second-order valence-corrected chi connectivity index (χ2v) is 5.70. The van der Waals surface area contributed by atoms with Crippen molar-refractivity contribution in [3.63, 3.8) is 0 Å². The van der Waals surface area contributed by atoms with Crippen molar-refractivity contribution in [3.8, 4) is 5.75 Å². The lowest BCUT2D eigenvalue weighted by Crippen LogP contribution is -2.38. The van der Waals surface area contributed by atoms with Crippen LogP contribution in [0.2, 0.25) is 0 Å². The zero-order valence-corrected chi connectivity index (χ0v) is 13.5. The molecule has 7 heteroatoms. The van der Waals surface area contributed by atoms with E-state index in [1.807, 2.05) is 25.1 Å². The molecule has 1 atom stereocenters. The Kier molecular flexibility index (Phi) is 4.41. The lowest BCUT2D eigenvalue weighted by Gasteiger charge is -2.23. The minimum atomic E-state index is -0.222. The number of nitrogens with one attached hydrogen (secondary N) is 2. The first-order valence-electron chi connectivity index (χ1n) is 7.63. The summed E-state index contributed by atoms with van der Waals surface area (Å²) in [5.41, 5.74) is 1.49. The van der Waals surface area contributed by atoms with E-state index in [0.717, 1.165) is 5.56 Å². The highest BCUT2D eigenvalue weighted by Crippen LogP contribution is 2.30. The quantitative estimate of drug-likeness (QED) is 0.903. The van der Waals surface area contributed by atoms with Crippen LogP contribution in [0.4, 0.5) is 10.5 Å². The normalized spacial score (nSPS) is 14.2. The first-order valence-corrected chi connectivity index (χ1v) is 7.63. The summed E-state index contributed by atoms with van der Waals surface area (Å²) in [4.78, 5) is 25.2. The number of carbonyl (C=O) groups excluding carboxylic acids is 2. The van der Waals surface area contributed by atoms with E-state index in [1.54, 1.807) is 30.3 Å². The van der Waals surface area contributed by atoms with E-state index in [2.05, 4.69) is 10.6 Å². The van der Waals surface area contributed by atoms with Crippen LogP contribution < -0.4 is 15.4 Å². The van der Waals surface area contributed by atoms with Crippen LogP contribution in [0, 0.1) is 0 Å². The number of ether oxygens (including phenoxy) is 1. The van der Waals surface area contributed by atoms with Crippen molar-refractivity contribution in [1.29, 1.82) is 0 Å². The molecular formula is C17H19N3O4. The van der Waals surface area contributed by atoms with Gasteiger partial charge in [-0.1, -0.05) is 6.07 Å². The standard InChI is InChI=1S/C17H19N3O4/c1-11(18-17(22)20(2)9-13-4-3-7-23-13)12-5-6-15-14(8-12)19-16(21)10-24-15/h3-8,11H,9-10H2,1-2H3,(H,18,22)(H,19,21). The SMILES string of the molecule is CC(NC(=O)N(C)Cc1ccco1)c1ccc2c(c1)NC(=O)CO2. The number of rotatable bonds is 4. The predicted octanol–water partition coefficient (Wildman–Crippen LogP) is 2.51. The monoisotopic (exact) mass is 329 g/mol. The largest absolute Gasteiger partial charge is 0.482 e. The Hall–Kier alpha value is -2.96. The number of carbonyl (C=O) groups is 2. The molecule has 0 spiro atoms. The third-order valence-corrected chi connectivity index (χ3v) is 3.80. The number of nitrogens with zero attached hydrogens (tertiary/aromatic N) is 1. The molecule has 3 rings (SSSR count). The zero-order chi connectivity index (χ0) is 17.1. The van der Waals surface area contributed by atoms with Crippen LogP contribution >= 0.6 is 0 Å². The average Bonchev–Trinajstić information content (AvgIpc) is 3.06. The van der Waals surface area contributed by atoms with Gasteiger partial charge in [-0.25, -0.2) is 4.79 Å². The topological polar surface area (TPSA) is 83.8 Å². The summed E-state index contributed by atoms with van der Waals surface area (Å²) in [6, 6.07) is 8.64. The number of hydrogen-bond acceptors (Lipinski definition) is 4. The van der Waals surface area contributed by atoms with Gasteiger partial charge in [-0.2, -0.15) is 0 Å². The van der Waals surface area contributed by atoms with E-state index in [0.29, 0.717) is 23.7 Å². The second kappa shape index (κ2) is 6.66. The molecule has 0 bridgehead atoms. The first kappa shape index (κ1) is 15.9. The Labute approximate surface area is 139 Å². The molecule has 0 saturated heterocycles. The van der Waals surface area contributed by atoms with Crippen LogP contribution in [0.1, 0.15) is 24.3 Å². The molecule has 24 heavy (non-hydrogen) atoms. The lowest BCUT2D eigenvalue weighted by molar-refractivity contribution is -0.118. The van der Waals surface area contributed by atoms with Crippen LogP contribution in [-0.2, 0) is 11.3 Å². The minimum absolute atomic E-state index is 0.0240. The number of urea groups is 1. The van der Waals surface area contributed by atoms with Gasteiger partial charge in [0.1, 0.15) is 11.5 Å². The number of fused-ring (bicyclic) bond motifs is 1. The summed E-state index contributed by atoms with van der Waals surface area (Å²) in [6.45, 7) is 2.29. The van der Waals surface area contributed by atoms with E-state index in [9.17, 15) is 9.59 Å². The Morgan fingerprint density at radius 2 is 2.25 bits per heavy atom. The predicted molar refractivity (Wildman–Crippen MR) is 87.7 cm³/mol. The molecule has 1 aromatic heterocycles. The van der Waals surface area contributed by atoms with Crippen molar-refractivity contribution in [3.05, 3.63) is 47.9 Å². The van der Waals surface area contributed by atoms with E-state index in [4.69, 9.17) is 9.15 Å². The third-order valence-electron chi connectivity index (χ3n) is 3.80. The van der Waals surface area contributed by atoms with Crippen molar-refractivity contribution >= 4 is 17.6 Å². The fourth-order valence-electron chi connectivity index (χ4n) is 2.46. The van der Waals surface area contributed by atoms with E-state index in [1.165, 1.54) is 0 Å². The number of hydrogen-bond donors (Lipinski definition) is 2. The highest BCUT2D eigenvalue weighted by Gasteiger charge is 2.19. The van der Waals surface area contributed by atoms with Crippen molar-refractivity contribution in [1.82, 2.24) is 10.2 Å². The first-order chi connectivity index (χ1) is 11.5. The van der Waals surface area contributed by atoms with Gasteiger partial charge in [0.2, 0.25) is 0 Å². The molecule has 0 aliphatic carbocycles. The van der Waals surface area contributed by atoms with Crippen LogP contribution in [0.15, 0.2) is 41.0 Å². The smallest absolute Gasteiger partial charge is 0.318 e. The molecule has 0 radical (unpaired) electrons. The molecule has 3 amide bonds. The maximum Gasteiger partial charge on any atom is 0.318 e. The van der Waals surface area contributed by atoms with Crippen LogP contribution in [0.25, 0.3) is 0 Å². The van der Waals surface area contributed by atoms with Gasteiger partial charge in [-0.3, -0.25) is 4.79 Å². The Balaban J connectivity index is 1.64. The number of amides is 3. The molecule has 1 aromatic carbocycles. The van der Waals surface area contributed by atoms with Crippen LogP contribution in [0.3, 0.4) is 0 Å². The molecule has 1 aliphatic heterocycles. The van der Waals surface area contributed by atoms with E-state index >= 15 is 0 Å². The zero-order valence-electron chi connectivity index (χ0n) is 13.5. The van der Waals surface area contributed by atoms with Crippen LogP contribution in [-0.4, -0.2) is 30.5 Å². The summed E-state index contributed by atoms with van der Waals surface area (Å²) in [7, 11) is 1.70. The molecule has 0 fully saturated rings. The van der Waals surface area contributed by atoms with E-state index in [-0.39, 0.29) is 24.6 Å². The van der Waals surface area contributed by atoms with Gasteiger partial charge in [0.05, 0.1) is 24.5 Å². The summed E-state index contributed by atoms with van der Waals surface area (Å²) in [5.74, 6) is 1.16. The number of anilines is 1. The second-order valence-electron chi connectivity index (χ2n) is 5.70. The molecule has 2 N–H and O–H groups in total. The minimum Gasteiger partial charge on any atom is -0.482 e. The highest BCUT2D eigenvalue weighted by atomic mass is 16.5. The van der Waals surface area contributed by atoms with Gasteiger partial charge in [0.25, 0.3) is 5.91 Å².